The van der Waals surface area contributed by atoms with E-state index in [9.17, 15) is 9.90 Å². The molecule has 1 saturated heterocycles. The molecule has 0 radical (unpaired) electrons. The largest absolute Gasteiger partial charge is 0.478 e. The third kappa shape index (κ3) is 3.07. The van der Waals surface area contributed by atoms with E-state index in [-0.39, 0.29) is 0 Å². The lowest BCUT2D eigenvalue weighted by atomic mass is 9.98. The van der Waals surface area contributed by atoms with Gasteiger partial charge in [-0.3, -0.25) is 0 Å². The highest BCUT2D eigenvalue weighted by atomic mass is 35.5. The first-order valence-electron chi connectivity index (χ1n) is 8.43. The van der Waals surface area contributed by atoms with Crippen LogP contribution in [0.5, 0.6) is 0 Å². The van der Waals surface area contributed by atoms with Gasteiger partial charge in [0, 0.05) is 38.6 Å². The molecular formula is C20H18ClNO3S. The van der Waals surface area contributed by atoms with Crippen molar-refractivity contribution < 1.29 is 14.6 Å². The molecule has 0 atom stereocenters. The molecule has 1 aliphatic heterocycles. The van der Waals surface area contributed by atoms with Crippen LogP contribution in [0, 0.1) is 6.92 Å². The summed E-state index contributed by atoms with van der Waals surface area (Å²) in [6, 6.07) is 11.6. The summed E-state index contributed by atoms with van der Waals surface area (Å²) < 4.78 is 6.49. The number of benzene rings is 2. The monoisotopic (exact) mass is 387 g/mol. The maximum absolute atomic E-state index is 11.9. The Morgan fingerprint density at radius 3 is 2.69 bits per heavy atom. The molecule has 134 valence electrons. The topological polar surface area (TPSA) is 49.8 Å². The zero-order valence-corrected chi connectivity index (χ0v) is 15.9. The summed E-state index contributed by atoms with van der Waals surface area (Å²) in [5, 5.41) is 11.6. The number of carboxylic acids is 1. The molecule has 1 N–H and O–H groups in total. The number of anilines is 1. The van der Waals surface area contributed by atoms with Crippen molar-refractivity contribution in [2.75, 3.05) is 31.2 Å². The Bertz CT molecular complexity index is 992. The van der Waals surface area contributed by atoms with Crippen molar-refractivity contribution in [3.8, 4) is 11.1 Å². The van der Waals surface area contributed by atoms with Gasteiger partial charge in [0.25, 0.3) is 0 Å². The lowest BCUT2D eigenvalue weighted by Gasteiger charge is -2.30. The molecule has 4 rings (SSSR count). The van der Waals surface area contributed by atoms with Crippen molar-refractivity contribution in [1.82, 2.24) is 0 Å². The Morgan fingerprint density at radius 1 is 1.19 bits per heavy atom. The second kappa shape index (κ2) is 6.91. The number of fused-ring (bicyclic) bond motifs is 1. The van der Waals surface area contributed by atoms with Crippen LogP contribution in [-0.4, -0.2) is 37.4 Å². The summed E-state index contributed by atoms with van der Waals surface area (Å²) in [7, 11) is 0. The van der Waals surface area contributed by atoms with Crippen LogP contribution in [0.2, 0.25) is 5.02 Å². The molecule has 3 aromatic rings. The van der Waals surface area contributed by atoms with Crippen LogP contribution in [0.3, 0.4) is 0 Å². The Hall–Kier alpha value is -2.08. The van der Waals surface area contributed by atoms with E-state index in [4.69, 9.17) is 16.3 Å². The molecule has 2 heterocycles. The Morgan fingerprint density at radius 2 is 1.96 bits per heavy atom. The number of hydrogen-bond donors (Lipinski definition) is 1. The van der Waals surface area contributed by atoms with Crippen molar-refractivity contribution in [3.05, 3.63) is 51.9 Å². The minimum atomic E-state index is -0.909. The number of carboxylic acid groups (broad SMARTS) is 1. The lowest BCUT2D eigenvalue weighted by Crippen LogP contribution is -2.37. The van der Waals surface area contributed by atoms with E-state index < -0.39 is 5.97 Å². The summed E-state index contributed by atoms with van der Waals surface area (Å²) in [6.45, 7) is 4.72. The first kappa shape index (κ1) is 17.3. The van der Waals surface area contributed by atoms with Crippen LogP contribution < -0.4 is 4.90 Å². The number of morpholine rings is 1. The molecular weight excluding hydrogens is 370 g/mol. The van der Waals surface area contributed by atoms with E-state index in [2.05, 4.69) is 11.8 Å². The summed E-state index contributed by atoms with van der Waals surface area (Å²) in [6.07, 6.45) is 0. The van der Waals surface area contributed by atoms with Crippen molar-refractivity contribution >= 4 is 44.7 Å². The summed E-state index contributed by atoms with van der Waals surface area (Å²) in [4.78, 5) is 15.1. The van der Waals surface area contributed by atoms with Gasteiger partial charge in [-0.25, -0.2) is 4.79 Å². The minimum absolute atomic E-state index is 0.331. The maximum Gasteiger partial charge on any atom is 0.337 e. The predicted octanol–water partition coefficient (Wildman–Crippen LogP) is 5.06. The maximum atomic E-state index is 11.9. The van der Waals surface area contributed by atoms with Crippen LogP contribution in [-0.2, 0) is 4.74 Å². The molecule has 26 heavy (non-hydrogen) atoms. The normalized spacial score (nSPS) is 14.8. The Kier molecular flexibility index (Phi) is 4.61. The number of carbonyl (C=O) groups is 1. The molecule has 1 fully saturated rings. The first-order valence-corrected chi connectivity index (χ1v) is 9.63. The fourth-order valence-electron chi connectivity index (χ4n) is 3.49. The van der Waals surface area contributed by atoms with E-state index in [0.717, 1.165) is 31.8 Å². The molecule has 0 amide bonds. The fraction of sp³-hybridized carbons (Fsp3) is 0.250. The summed E-state index contributed by atoms with van der Waals surface area (Å²) >= 11 is 7.79. The van der Waals surface area contributed by atoms with E-state index in [1.165, 1.54) is 0 Å². The third-order valence-corrected chi connectivity index (χ3v) is 6.00. The van der Waals surface area contributed by atoms with E-state index >= 15 is 0 Å². The molecule has 6 heteroatoms. The van der Waals surface area contributed by atoms with Crippen LogP contribution in [0.1, 0.15) is 15.2 Å². The predicted molar refractivity (Wildman–Crippen MR) is 107 cm³/mol. The highest BCUT2D eigenvalue weighted by Crippen LogP contribution is 2.40. The lowest BCUT2D eigenvalue weighted by molar-refractivity contribution is 0.0696. The van der Waals surface area contributed by atoms with Gasteiger partial charge in [-0.2, -0.15) is 0 Å². The van der Waals surface area contributed by atoms with Gasteiger partial charge in [0.1, 0.15) is 0 Å². The van der Waals surface area contributed by atoms with Crippen molar-refractivity contribution in [2.45, 2.75) is 6.92 Å². The van der Waals surface area contributed by atoms with Gasteiger partial charge in [-0.1, -0.05) is 23.7 Å². The Balaban J connectivity index is 1.84. The van der Waals surface area contributed by atoms with Gasteiger partial charge in [0.15, 0.2) is 0 Å². The number of thiophene rings is 1. The van der Waals surface area contributed by atoms with Gasteiger partial charge in [-0.05, 0) is 36.8 Å². The molecule has 4 nitrogen and oxygen atoms in total. The fourth-order valence-corrected chi connectivity index (χ4v) is 4.86. The van der Waals surface area contributed by atoms with Gasteiger partial charge >= 0.3 is 5.97 Å². The number of nitrogens with zero attached hydrogens (tertiary/aromatic N) is 1. The number of halogens is 1. The van der Waals surface area contributed by atoms with Crippen molar-refractivity contribution in [1.29, 1.82) is 0 Å². The highest BCUT2D eigenvalue weighted by molar-refractivity contribution is 7.19. The zero-order chi connectivity index (χ0) is 18.3. The molecule has 0 spiro atoms. The van der Waals surface area contributed by atoms with Crippen molar-refractivity contribution in [3.63, 3.8) is 0 Å². The molecule has 1 aromatic heterocycles. The first-order chi connectivity index (χ1) is 12.5. The second-order valence-electron chi connectivity index (χ2n) is 6.31. The molecule has 2 aromatic carbocycles. The quantitative estimate of drug-likeness (QED) is 0.682. The highest BCUT2D eigenvalue weighted by Gasteiger charge is 2.20. The van der Waals surface area contributed by atoms with Gasteiger partial charge < -0.3 is 14.7 Å². The van der Waals surface area contributed by atoms with E-state index in [0.29, 0.717) is 36.9 Å². The zero-order valence-electron chi connectivity index (χ0n) is 14.3. The number of aromatic carboxylic acids is 1. The average Bonchev–Trinajstić information content (AvgIpc) is 2.96. The van der Waals surface area contributed by atoms with Crippen molar-refractivity contribution in [2.24, 2.45) is 0 Å². The second-order valence-corrected chi connectivity index (χ2v) is 8.00. The van der Waals surface area contributed by atoms with Gasteiger partial charge in [0.05, 0.1) is 24.5 Å². The Labute approximate surface area is 160 Å². The third-order valence-electron chi connectivity index (χ3n) is 4.70. The van der Waals surface area contributed by atoms with Crippen LogP contribution in [0.15, 0.2) is 36.4 Å². The molecule has 0 saturated carbocycles. The van der Waals surface area contributed by atoms with Crippen LogP contribution >= 0.6 is 22.9 Å². The SMILES string of the molecule is Cc1sc2cc(Cl)ccc2c1-c1ccc(N2CCOCC2)c(C(=O)O)c1. The van der Waals surface area contributed by atoms with Gasteiger partial charge in [-0.15, -0.1) is 11.3 Å². The number of aryl methyl sites for hydroxylation is 1. The van der Waals surface area contributed by atoms with E-state index in [1.807, 2.05) is 30.3 Å². The number of ether oxygens (including phenoxy) is 1. The molecule has 0 bridgehead atoms. The standard InChI is InChI=1S/C20H18ClNO3S/c1-12-19(15-4-3-14(21)11-18(15)26-12)13-2-5-17(16(10-13)20(23)24)22-6-8-25-9-7-22/h2-5,10-11H,6-9H2,1H3,(H,23,24). The minimum Gasteiger partial charge on any atom is -0.478 e. The summed E-state index contributed by atoms with van der Waals surface area (Å²) in [5.74, 6) is -0.909. The van der Waals surface area contributed by atoms with Crippen LogP contribution in [0.25, 0.3) is 21.2 Å². The number of rotatable bonds is 3. The van der Waals surface area contributed by atoms with Crippen LogP contribution in [0.4, 0.5) is 5.69 Å². The molecule has 0 aliphatic carbocycles. The van der Waals surface area contributed by atoms with E-state index in [1.54, 1.807) is 17.4 Å². The smallest absolute Gasteiger partial charge is 0.337 e. The summed E-state index contributed by atoms with van der Waals surface area (Å²) in [5.41, 5.74) is 3.09. The molecule has 0 unspecified atom stereocenters. The molecule has 1 aliphatic rings. The van der Waals surface area contributed by atoms with Gasteiger partial charge in [0.2, 0.25) is 0 Å². The average molecular weight is 388 g/mol. The number of hydrogen-bond acceptors (Lipinski definition) is 4.